The largest absolute Gasteiger partial charge is 0.504 e. The minimum Gasteiger partial charge on any atom is -0.504 e. The Balaban J connectivity index is 0.654. The number of aryl methyl sites for hydroxylation is 1. The van der Waals surface area contributed by atoms with E-state index in [9.17, 15) is 24.6 Å². The van der Waals surface area contributed by atoms with Gasteiger partial charge in [0.2, 0.25) is 5.91 Å². The van der Waals surface area contributed by atoms with E-state index in [0.29, 0.717) is 66.0 Å². The summed E-state index contributed by atoms with van der Waals surface area (Å²) >= 11 is 0. The number of nitrogens with zero attached hydrogens (tertiary/aromatic N) is 5. The highest BCUT2D eigenvalue weighted by molar-refractivity contribution is 6.13. The Morgan fingerprint density at radius 1 is 0.747 bits per heavy atom. The van der Waals surface area contributed by atoms with Crippen LogP contribution in [-0.4, -0.2) is 138 Å². The van der Waals surface area contributed by atoms with Gasteiger partial charge in [0.05, 0.1) is 25.8 Å². The third-order valence-electron chi connectivity index (χ3n) is 20.3. The highest BCUT2D eigenvalue weighted by atomic mass is 16.5. The molecule has 0 spiro atoms. The van der Waals surface area contributed by atoms with Gasteiger partial charge in [-0.3, -0.25) is 19.1 Å². The second-order valence-corrected chi connectivity index (χ2v) is 26.2. The monoisotopic (exact) mass is 1140 g/mol. The minimum absolute atomic E-state index is 0.0248. The van der Waals surface area contributed by atoms with Gasteiger partial charge in [-0.25, -0.2) is 0 Å². The van der Waals surface area contributed by atoms with Crippen molar-refractivity contribution in [1.82, 2.24) is 40.7 Å². The Morgan fingerprint density at radius 2 is 1.41 bits per heavy atom. The topological polar surface area (TPSA) is 183 Å². The van der Waals surface area contributed by atoms with Crippen molar-refractivity contribution in [3.63, 3.8) is 0 Å². The molecule has 0 bridgehead atoms. The van der Waals surface area contributed by atoms with Crippen molar-refractivity contribution in [2.45, 2.75) is 156 Å². The molecule has 5 aliphatic rings. The molecular formula is C68H102N8O7. The van der Waals surface area contributed by atoms with Gasteiger partial charge in [0.1, 0.15) is 0 Å². The van der Waals surface area contributed by atoms with Crippen molar-refractivity contribution in [1.29, 1.82) is 0 Å². The maximum absolute atomic E-state index is 13.6. The number of ether oxygens (including phenoxy) is 2. The normalized spacial score (nSPS) is 25.1. The summed E-state index contributed by atoms with van der Waals surface area (Å²) in [5.41, 5.74) is 4.48. The van der Waals surface area contributed by atoms with Crippen LogP contribution in [0.15, 0.2) is 66.4 Å². The number of allylic oxidation sites excluding steroid dienone is 3. The number of benzene rings is 2. The zero-order chi connectivity index (χ0) is 58.9. The van der Waals surface area contributed by atoms with E-state index in [0.717, 1.165) is 101 Å². The smallest absolute Gasteiger partial charge is 0.219 e. The number of carbonyl (C=O) groups is 3. The van der Waals surface area contributed by atoms with Crippen LogP contribution in [0, 0.1) is 52.3 Å². The molecule has 5 N–H and O–H groups in total. The third-order valence-corrected chi connectivity index (χ3v) is 20.3. The van der Waals surface area contributed by atoms with Gasteiger partial charge in [0, 0.05) is 77.4 Å². The van der Waals surface area contributed by atoms with Crippen molar-refractivity contribution in [3.8, 4) is 23.0 Å². The molecule has 1 aliphatic heterocycles. The fraction of sp³-hybridized carbons (Fsp3) is 0.662. The molecule has 1 aromatic heterocycles. The van der Waals surface area contributed by atoms with Gasteiger partial charge in [-0.15, -0.1) is 5.10 Å². The molecule has 3 saturated carbocycles. The van der Waals surface area contributed by atoms with E-state index in [2.05, 4.69) is 76.8 Å². The van der Waals surface area contributed by atoms with E-state index in [1.807, 2.05) is 0 Å². The first-order valence-corrected chi connectivity index (χ1v) is 32.0. The number of fused-ring (bicyclic) bond motifs is 5. The van der Waals surface area contributed by atoms with E-state index >= 15 is 0 Å². The van der Waals surface area contributed by atoms with Crippen molar-refractivity contribution in [2.24, 2.45) is 52.3 Å². The summed E-state index contributed by atoms with van der Waals surface area (Å²) < 4.78 is 12.1. The van der Waals surface area contributed by atoms with Crippen molar-refractivity contribution in [2.75, 3.05) is 79.7 Å². The molecule has 8 atom stereocenters. The minimum atomic E-state index is -1.09. The molecule has 0 unspecified atom stereocenters. The van der Waals surface area contributed by atoms with Crippen LogP contribution in [0.4, 0.5) is 0 Å². The average Bonchev–Trinajstić information content (AvgIpc) is 4.30. The predicted molar refractivity (Wildman–Crippen MR) is 331 cm³/mol. The van der Waals surface area contributed by atoms with Crippen LogP contribution in [-0.2, 0) is 27.3 Å². The van der Waals surface area contributed by atoms with Crippen molar-refractivity contribution >= 4 is 29.6 Å². The van der Waals surface area contributed by atoms with E-state index < -0.39 is 17.5 Å². The lowest BCUT2D eigenvalue weighted by Crippen LogP contribution is -2.52. The number of nitrogens with one attached hydrogen (secondary N) is 3. The lowest BCUT2D eigenvalue weighted by Gasteiger charge is -2.58. The molecule has 3 aromatic rings. The summed E-state index contributed by atoms with van der Waals surface area (Å²) in [6, 6.07) is 10.0. The van der Waals surface area contributed by atoms with E-state index in [1.54, 1.807) is 52.9 Å². The Bertz CT molecular complexity index is 2600. The number of phenols is 2. The second-order valence-electron chi connectivity index (χ2n) is 26.2. The number of unbranched alkanes of at least 4 members (excludes halogenated alkanes) is 1. The fourth-order valence-corrected chi connectivity index (χ4v) is 15.5. The summed E-state index contributed by atoms with van der Waals surface area (Å²) in [6.07, 6.45) is 29.6. The van der Waals surface area contributed by atoms with Crippen LogP contribution in [0.5, 0.6) is 23.0 Å². The van der Waals surface area contributed by atoms with Gasteiger partial charge in [-0.05, 0) is 191 Å². The lowest BCUT2D eigenvalue weighted by molar-refractivity contribution is -0.127. The molecule has 2 aromatic carbocycles. The van der Waals surface area contributed by atoms with Gasteiger partial charge >= 0.3 is 0 Å². The standard InChI is InChI=1S/C68H102N8O7/c1-48(2)13-10-14-49(3)57-22-23-58-55-21-20-52-45-53(28-30-67(52,4)59(55)29-31-68(57,58)5)70-35-34-69-32-11-36-74-39-41-75(42-40-74)37-12-33-71-66(81)15-8-9-38-76-47-54(72-73-76)46-56(60(77)24-16-50-18-26-62(79)64(43-50)82-6)61(78)25-17-51-19-27-63(80)65(44-51)83-7/h16-20,24-27,43-44,47-49,53,55-59,69-70,79-80H,8-15,21-23,28-42,45-46H2,1-7H3,(H,71,81)/b24-16+,25-17+/t49-,53+,55+,57-,58+,59+,67+,68-/m1/s1. The molecule has 1 amide bonds. The van der Waals surface area contributed by atoms with Gasteiger partial charge in [0.15, 0.2) is 34.6 Å². The first-order chi connectivity index (χ1) is 40.1. The summed E-state index contributed by atoms with van der Waals surface area (Å²) in [7, 11) is 2.88. The Hall–Kier alpha value is -5.35. The molecule has 83 heavy (non-hydrogen) atoms. The number of hydrogen-bond donors (Lipinski definition) is 5. The summed E-state index contributed by atoms with van der Waals surface area (Å²) in [6.45, 7) is 23.6. The van der Waals surface area contributed by atoms with Gasteiger partial charge < -0.3 is 45.4 Å². The maximum Gasteiger partial charge on any atom is 0.219 e. The van der Waals surface area contributed by atoms with Gasteiger partial charge in [0.25, 0.3) is 0 Å². The molecule has 4 fully saturated rings. The van der Waals surface area contributed by atoms with Crippen LogP contribution in [0.2, 0.25) is 0 Å². The molecule has 456 valence electrons. The number of hydrogen-bond acceptors (Lipinski definition) is 13. The number of methoxy groups -OCH3 is 2. The Kier molecular flexibility index (Phi) is 23.5. The molecule has 15 heteroatoms. The number of amides is 1. The first-order valence-electron chi connectivity index (χ1n) is 32.0. The zero-order valence-corrected chi connectivity index (χ0v) is 51.5. The molecule has 1 saturated heterocycles. The quantitative estimate of drug-likeness (QED) is 0.0172. The summed E-state index contributed by atoms with van der Waals surface area (Å²) in [5.74, 6) is 3.93. The van der Waals surface area contributed by atoms with E-state index in [4.69, 9.17) is 9.47 Å². The molecule has 4 aliphatic carbocycles. The number of ketones is 2. The number of carbonyl (C=O) groups excluding carboxylic acids is 3. The second kappa shape index (κ2) is 30.6. The maximum atomic E-state index is 13.6. The number of piperazine rings is 1. The Labute approximate surface area is 496 Å². The van der Waals surface area contributed by atoms with Crippen LogP contribution in [0.3, 0.4) is 0 Å². The SMILES string of the molecule is COc1cc(/C=C/C(=O)C(Cc2cn(CCCCC(=O)NCCCN3CCN(CCCNCCN[C@H]4CC[C@@]5(C)C(=CC[C@H]6[C@@H]7CC[C@H]([C@H](C)CCCC(C)C)[C@@]7(C)CC[C@@H]65)C4)CC3)nn2)C(=O)/C=C/c2ccc(O)c(OC)c2)ccc1O. The Morgan fingerprint density at radius 3 is 2.06 bits per heavy atom. The number of rotatable bonds is 32. The van der Waals surface area contributed by atoms with Crippen LogP contribution in [0.1, 0.15) is 154 Å². The van der Waals surface area contributed by atoms with Crippen LogP contribution < -0.4 is 25.4 Å². The summed E-state index contributed by atoms with van der Waals surface area (Å²) in [5, 5.41) is 39.3. The molecule has 8 rings (SSSR count). The average molecular weight is 1140 g/mol. The number of phenolic OH excluding ortho intramolecular Hbond substituents is 2. The highest BCUT2D eigenvalue weighted by Crippen LogP contribution is 2.67. The van der Waals surface area contributed by atoms with Gasteiger partial charge in [-0.2, -0.15) is 0 Å². The third kappa shape index (κ3) is 17.2. The number of aromatic hydroxyl groups is 2. The molecule has 2 heterocycles. The molecule has 15 nitrogen and oxygen atoms in total. The summed E-state index contributed by atoms with van der Waals surface area (Å²) in [4.78, 5) is 45.1. The van der Waals surface area contributed by atoms with E-state index in [1.165, 1.54) is 116 Å². The fourth-order valence-electron chi connectivity index (χ4n) is 15.5. The van der Waals surface area contributed by atoms with Crippen molar-refractivity contribution < 1.29 is 34.1 Å². The molecule has 0 radical (unpaired) electrons. The van der Waals surface area contributed by atoms with Gasteiger partial charge in [-0.1, -0.05) is 95.0 Å². The first kappa shape index (κ1) is 63.7. The lowest BCUT2D eigenvalue weighted by atomic mass is 9.47. The van der Waals surface area contributed by atoms with E-state index in [-0.39, 0.29) is 35.3 Å². The van der Waals surface area contributed by atoms with Crippen LogP contribution in [0.25, 0.3) is 12.2 Å². The van der Waals surface area contributed by atoms with Crippen LogP contribution >= 0.6 is 0 Å². The molecular weight excluding hydrogens is 1040 g/mol. The van der Waals surface area contributed by atoms with Crippen molar-refractivity contribution in [3.05, 3.63) is 83.2 Å². The highest BCUT2D eigenvalue weighted by Gasteiger charge is 2.59. The zero-order valence-electron chi connectivity index (χ0n) is 51.5. The predicted octanol–water partition coefficient (Wildman–Crippen LogP) is 10.7. The number of aromatic nitrogens is 3.